The third-order valence-electron chi connectivity index (χ3n) is 3.92. The van der Waals surface area contributed by atoms with Gasteiger partial charge in [0.25, 0.3) is 0 Å². The lowest BCUT2D eigenvalue weighted by Gasteiger charge is -2.21. The molecule has 0 bridgehead atoms. The van der Waals surface area contributed by atoms with E-state index in [2.05, 4.69) is 22.8 Å². The first-order valence-electron chi connectivity index (χ1n) is 6.68. The Labute approximate surface area is 113 Å². The minimum absolute atomic E-state index is 0.104. The summed E-state index contributed by atoms with van der Waals surface area (Å²) in [6, 6.07) is 14.2. The molecule has 0 saturated carbocycles. The molecule has 1 heterocycles. The lowest BCUT2D eigenvalue weighted by molar-refractivity contribution is -0.123. The van der Waals surface area contributed by atoms with Crippen LogP contribution in [0, 0.1) is 5.41 Å². The monoisotopic (exact) mass is 254 g/mol. The van der Waals surface area contributed by atoms with Crippen molar-refractivity contribution in [2.24, 2.45) is 5.41 Å². The van der Waals surface area contributed by atoms with Crippen molar-refractivity contribution in [2.75, 3.05) is 18.4 Å². The Hall–Kier alpha value is -1.87. The fourth-order valence-corrected chi connectivity index (χ4v) is 2.56. The van der Waals surface area contributed by atoms with Gasteiger partial charge < -0.3 is 10.6 Å². The number of rotatable bonds is 2. The number of hydrogen-bond acceptors (Lipinski definition) is 2. The first-order valence-corrected chi connectivity index (χ1v) is 6.68. The molecule has 0 aliphatic carbocycles. The fourth-order valence-electron chi connectivity index (χ4n) is 2.56. The van der Waals surface area contributed by atoms with Crippen LogP contribution in [0.1, 0.15) is 13.3 Å². The van der Waals surface area contributed by atoms with Crippen LogP contribution in [-0.2, 0) is 4.79 Å². The highest BCUT2D eigenvalue weighted by Crippen LogP contribution is 2.27. The van der Waals surface area contributed by atoms with Crippen LogP contribution in [0.5, 0.6) is 0 Å². The van der Waals surface area contributed by atoms with Gasteiger partial charge in [0, 0.05) is 12.2 Å². The molecule has 2 aromatic rings. The standard InChI is InChI=1S/C16H18N2O/c1-16(8-9-17-11-16)15(19)18-14-7-6-12-4-2-3-5-13(12)10-14/h2-7,10,17H,8-9,11H2,1H3,(H,18,19). The van der Waals surface area contributed by atoms with Crippen molar-refractivity contribution in [3.8, 4) is 0 Å². The van der Waals surface area contributed by atoms with Crippen LogP contribution in [0.25, 0.3) is 10.8 Å². The molecule has 1 fully saturated rings. The number of anilines is 1. The molecule has 2 N–H and O–H groups in total. The Morgan fingerprint density at radius 2 is 2.00 bits per heavy atom. The molecule has 3 nitrogen and oxygen atoms in total. The van der Waals surface area contributed by atoms with Crippen LogP contribution in [-0.4, -0.2) is 19.0 Å². The quantitative estimate of drug-likeness (QED) is 0.865. The molecule has 3 heteroatoms. The maximum Gasteiger partial charge on any atom is 0.231 e. The summed E-state index contributed by atoms with van der Waals surface area (Å²) in [5.74, 6) is 0.104. The van der Waals surface area contributed by atoms with Gasteiger partial charge in [-0.25, -0.2) is 0 Å². The van der Waals surface area contributed by atoms with Crippen LogP contribution in [0.15, 0.2) is 42.5 Å². The molecule has 1 aliphatic rings. The number of hydrogen-bond donors (Lipinski definition) is 2. The molecule has 0 aromatic heterocycles. The van der Waals surface area contributed by atoms with E-state index >= 15 is 0 Å². The van der Waals surface area contributed by atoms with E-state index in [0.717, 1.165) is 30.6 Å². The normalized spacial score (nSPS) is 22.6. The topological polar surface area (TPSA) is 41.1 Å². The zero-order chi connectivity index (χ0) is 13.3. The minimum Gasteiger partial charge on any atom is -0.326 e. The third kappa shape index (κ3) is 2.34. The Balaban J connectivity index is 1.83. The van der Waals surface area contributed by atoms with Gasteiger partial charge in [-0.1, -0.05) is 30.3 Å². The Morgan fingerprint density at radius 1 is 1.21 bits per heavy atom. The van der Waals surface area contributed by atoms with Gasteiger partial charge in [-0.3, -0.25) is 4.79 Å². The number of benzene rings is 2. The predicted molar refractivity (Wildman–Crippen MR) is 78.2 cm³/mol. The van der Waals surface area contributed by atoms with Crippen LogP contribution in [0.3, 0.4) is 0 Å². The van der Waals surface area contributed by atoms with E-state index in [9.17, 15) is 4.79 Å². The van der Waals surface area contributed by atoms with Gasteiger partial charge in [-0.2, -0.15) is 0 Å². The van der Waals surface area contributed by atoms with Gasteiger partial charge in [0.05, 0.1) is 5.41 Å². The summed E-state index contributed by atoms with van der Waals surface area (Å²) in [5.41, 5.74) is 0.586. The Bertz CT molecular complexity index is 615. The number of carbonyl (C=O) groups excluding carboxylic acids is 1. The summed E-state index contributed by atoms with van der Waals surface area (Å²) in [4.78, 5) is 12.3. The second kappa shape index (κ2) is 4.67. The first kappa shape index (κ1) is 12.2. The van der Waals surface area contributed by atoms with Crippen molar-refractivity contribution in [3.63, 3.8) is 0 Å². The largest absolute Gasteiger partial charge is 0.326 e. The maximum absolute atomic E-state index is 12.3. The van der Waals surface area contributed by atoms with Gasteiger partial charge in [0.15, 0.2) is 0 Å². The summed E-state index contributed by atoms with van der Waals surface area (Å²) in [6.07, 6.45) is 0.895. The van der Waals surface area contributed by atoms with E-state index in [1.54, 1.807) is 0 Å². The van der Waals surface area contributed by atoms with Gasteiger partial charge in [0.1, 0.15) is 0 Å². The van der Waals surface area contributed by atoms with E-state index in [1.807, 2.05) is 37.3 Å². The molecule has 1 saturated heterocycles. The van der Waals surface area contributed by atoms with Gasteiger partial charge in [-0.15, -0.1) is 0 Å². The molecule has 3 rings (SSSR count). The molecular formula is C16H18N2O. The molecule has 19 heavy (non-hydrogen) atoms. The van der Waals surface area contributed by atoms with Crippen molar-refractivity contribution in [1.82, 2.24) is 5.32 Å². The number of nitrogens with one attached hydrogen (secondary N) is 2. The highest BCUT2D eigenvalue weighted by Gasteiger charge is 2.36. The molecule has 2 aromatic carbocycles. The zero-order valence-electron chi connectivity index (χ0n) is 11.1. The Kier molecular flexibility index (Phi) is 2.99. The third-order valence-corrected chi connectivity index (χ3v) is 3.92. The second-order valence-corrected chi connectivity index (χ2v) is 5.50. The summed E-state index contributed by atoms with van der Waals surface area (Å²) in [6.45, 7) is 3.69. The molecule has 1 amide bonds. The molecule has 1 aliphatic heterocycles. The lowest BCUT2D eigenvalue weighted by atomic mass is 9.88. The Morgan fingerprint density at radius 3 is 2.74 bits per heavy atom. The maximum atomic E-state index is 12.3. The smallest absolute Gasteiger partial charge is 0.231 e. The second-order valence-electron chi connectivity index (χ2n) is 5.50. The summed E-state index contributed by atoms with van der Waals surface area (Å²) >= 11 is 0. The first-order chi connectivity index (χ1) is 9.17. The van der Waals surface area contributed by atoms with Crippen molar-refractivity contribution in [2.45, 2.75) is 13.3 Å². The number of carbonyl (C=O) groups is 1. The van der Waals surface area contributed by atoms with E-state index in [1.165, 1.54) is 5.39 Å². The van der Waals surface area contributed by atoms with Crippen LogP contribution in [0.4, 0.5) is 5.69 Å². The van der Waals surface area contributed by atoms with E-state index < -0.39 is 0 Å². The minimum atomic E-state index is -0.286. The zero-order valence-corrected chi connectivity index (χ0v) is 11.1. The van der Waals surface area contributed by atoms with E-state index in [4.69, 9.17) is 0 Å². The summed E-state index contributed by atoms with van der Waals surface area (Å²) in [7, 11) is 0. The number of amides is 1. The van der Waals surface area contributed by atoms with Gasteiger partial charge >= 0.3 is 0 Å². The van der Waals surface area contributed by atoms with Crippen molar-refractivity contribution >= 4 is 22.4 Å². The fraction of sp³-hybridized carbons (Fsp3) is 0.312. The van der Waals surface area contributed by atoms with E-state index in [0.29, 0.717) is 0 Å². The van der Waals surface area contributed by atoms with Crippen LogP contribution < -0.4 is 10.6 Å². The SMILES string of the molecule is CC1(C(=O)Nc2ccc3ccccc3c2)CCNC1. The average molecular weight is 254 g/mol. The van der Waals surface area contributed by atoms with Crippen molar-refractivity contribution in [3.05, 3.63) is 42.5 Å². The average Bonchev–Trinajstić information content (AvgIpc) is 2.87. The van der Waals surface area contributed by atoms with Gasteiger partial charge in [-0.05, 0) is 42.8 Å². The molecular weight excluding hydrogens is 236 g/mol. The van der Waals surface area contributed by atoms with Gasteiger partial charge in [0.2, 0.25) is 5.91 Å². The molecule has 0 spiro atoms. The molecule has 1 atom stereocenters. The predicted octanol–water partition coefficient (Wildman–Crippen LogP) is 2.78. The lowest BCUT2D eigenvalue weighted by Crippen LogP contribution is -2.35. The summed E-state index contributed by atoms with van der Waals surface area (Å²) < 4.78 is 0. The highest BCUT2D eigenvalue weighted by molar-refractivity contribution is 5.97. The highest BCUT2D eigenvalue weighted by atomic mass is 16.2. The van der Waals surface area contributed by atoms with E-state index in [-0.39, 0.29) is 11.3 Å². The van der Waals surface area contributed by atoms with Crippen molar-refractivity contribution < 1.29 is 4.79 Å². The van der Waals surface area contributed by atoms with Crippen molar-refractivity contribution in [1.29, 1.82) is 0 Å². The van der Waals surface area contributed by atoms with Crippen LogP contribution in [0.2, 0.25) is 0 Å². The van der Waals surface area contributed by atoms with Crippen LogP contribution >= 0.6 is 0 Å². The number of fused-ring (bicyclic) bond motifs is 1. The molecule has 1 unspecified atom stereocenters. The summed E-state index contributed by atoms with van der Waals surface area (Å²) in [5, 5.41) is 8.62. The molecule has 0 radical (unpaired) electrons. The molecule has 98 valence electrons.